The van der Waals surface area contributed by atoms with Gasteiger partial charge in [-0.25, -0.2) is 0 Å². The fourth-order valence-corrected chi connectivity index (χ4v) is 4.07. The number of allylic oxidation sites excluding steroid dienone is 1. The number of benzene rings is 2. The van der Waals surface area contributed by atoms with E-state index < -0.39 is 4.92 Å². The summed E-state index contributed by atoms with van der Waals surface area (Å²) in [6.45, 7) is 12.5. The van der Waals surface area contributed by atoms with Gasteiger partial charge in [-0.3, -0.25) is 19.8 Å². The van der Waals surface area contributed by atoms with Gasteiger partial charge < -0.3 is 9.84 Å². The molecule has 0 bridgehead atoms. The summed E-state index contributed by atoms with van der Waals surface area (Å²) in [5, 5.41) is 21.8. The Morgan fingerprint density at radius 3 is 2.41 bits per heavy atom. The molecule has 2 aromatic carbocycles. The number of aromatic hydroxyl groups is 1. The topological polar surface area (TPSA) is 92.9 Å². The van der Waals surface area contributed by atoms with E-state index >= 15 is 0 Å². The van der Waals surface area contributed by atoms with E-state index in [9.17, 15) is 20.0 Å². The van der Waals surface area contributed by atoms with Crippen molar-refractivity contribution in [3.8, 4) is 11.5 Å². The highest BCUT2D eigenvalue weighted by molar-refractivity contribution is 6.15. The quantitative estimate of drug-likeness (QED) is 0.340. The molecule has 7 nitrogen and oxygen atoms in total. The molecule has 0 radical (unpaired) electrons. The van der Waals surface area contributed by atoms with Crippen LogP contribution in [0.25, 0.3) is 6.08 Å². The van der Waals surface area contributed by atoms with Crippen LogP contribution >= 0.6 is 0 Å². The van der Waals surface area contributed by atoms with Crippen molar-refractivity contribution in [2.24, 2.45) is 11.8 Å². The Morgan fingerprint density at radius 2 is 1.81 bits per heavy atom. The lowest BCUT2D eigenvalue weighted by molar-refractivity contribution is -0.384. The van der Waals surface area contributed by atoms with Gasteiger partial charge in [0, 0.05) is 31.8 Å². The van der Waals surface area contributed by atoms with Crippen LogP contribution < -0.4 is 4.74 Å². The number of nitro benzene ring substituents is 1. The molecule has 3 rings (SSSR count). The summed E-state index contributed by atoms with van der Waals surface area (Å²) < 4.78 is 5.98. The van der Waals surface area contributed by atoms with Crippen LogP contribution in [0.15, 0.2) is 36.1 Å². The van der Waals surface area contributed by atoms with Gasteiger partial charge in [-0.15, -0.1) is 0 Å². The number of phenolic OH excluding ortho intramolecular Hbond substituents is 1. The molecular formula is C25H30N2O5. The third-order valence-electron chi connectivity index (χ3n) is 5.23. The normalized spacial score (nSPS) is 14.5. The first-order valence-electron chi connectivity index (χ1n) is 10.8. The van der Waals surface area contributed by atoms with Crippen molar-refractivity contribution in [1.82, 2.24) is 4.90 Å². The number of hydrogen-bond donors (Lipinski definition) is 1. The minimum Gasteiger partial charge on any atom is -0.507 e. The molecular weight excluding hydrogens is 408 g/mol. The molecule has 0 unspecified atom stereocenters. The number of non-ortho nitro benzene ring substituents is 1. The molecule has 0 spiro atoms. The zero-order chi connectivity index (χ0) is 23.6. The van der Waals surface area contributed by atoms with Crippen LogP contribution in [0.4, 0.5) is 5.69 Å². The maximum atomic E-state index is 13.1. The van der Waals surface area contributed by atoms with Crippen LogP contribution in [0.3, 0.4) is 0 Å². The van der Waals surface area contributed by atoms with Crippen LogP contribution in [0.1, 0.15) is 54.7 Å². The summed E-state index contributed by atoms with van der Waals surface area (Å²) in [7, 11) is 0. The molecule has 7 heteroatoms. The Bertz CT molecular complexity index is 1060. The largest absolute Gasteiger partial charge is 0.507 e. The Hall–Kier alpha value is -3.19. The second kappa shape index (κ2) is 9.53. The fraction of sp³-hybridized carbons (Fsp3) is 0.400. The summed E-state index contributed by atoms with van der Waals surface area (Å²) in [6, 6.07) is 7.64. The van der Waals surface area contributed by atoms with Crippen molar-refractivity contribution >= 4 is 17.5 Å². The van der Waals surface area contributed by atoms with Crippen LogP contribution in [-0.4, -0.2) is 33.8 Å². The molecule has 0 amide bonds. The van der Waals surface area contributed by atoms with Crippen molar-refractivity contribution in [2.45, 2.75) is 41.2 Å². The molecule has 0 aromatic heterocycles. The smallest absolute Gasteiger partial charge is 0.270 e. The van der Waals surface area contributed by atoms with E-state index in [-0.39, 0.29) is 23.0 Å². The van der Waals surface area contributed by atoms with Crippen LogP contribution in [0.5, 0.6) is 11.5 Å². The third kappa shape index (κ3) is 5.16. The SMILES string of the molecule is Cc1cc(O)c(CN(CC(C)C)CC(C)C)c2c1C(=O)/C(=C\c1cccc([N+](=O)[O-])c1)O2. The van der Waals surface area contributed by atoms with Gasteiger partial charge in [-0.05, 0) is 42.0 Å². The molecule has 0 saturated heterocycles. The van der Waals surface area contributed by atoms with Gasteiger partial charge in [-0.2, -0.15) is 0 Å². The van der Waals surface area contributed by atoms with E-state index in [4.69, 9.17) is 4.74 Å². The zero-order valence-electron chi connectivity index (χ0n) is 19.2. The van der Waals surface area contributed by atoms with Crippen molar-refractivity contribution in [3.63, 3.8) is 0 Å². The lowest BCUT2D eigenvalue weighted by atomic mass is 9.98. The van der Waals surface area contributed by atoms with E-state index in [1.807, 2.05) is 0 Å². The lowest BCUT2D eigenvalue weighted by Gasteiger charge is -2.27. The van der Waals surface area contributed by atoms with Crippen molar-refractivity contribution in [3.05, 3.63) is 68.5 Å². The number of rotatable bonds is 8. The molecule has 1 N–H and O–H groups in total. The number of phenols is 1. The zero-order valence-corrected chi connectivity index (χ0v) is 19.2. The molecule has 1 aliphatic heterocycles. The van der Waals surface area contributed by atoms with Crippen molar-refractivity contribution in [1.29, 1.82) is 0 Å². The fourth-order valence-electron chi connectivity index (χ4n) is 4.07. The van der Waals surface area contributed by atoms with Gasteiger partial charge in [0.2, 0.25) is 5.78 Å². The first-order valence-corrected chi connectivity index (χ1v) is 10.8. The molecule has 170 valence electrons. The predicted octanol–water partition coefficient (Wildman–Crippen LogP) is 5.34. The minimum atomic E-state index is -0.480. The molecule has 0 saturated carbocycles. The number of nitro groups is 1. The molecule has 0 atom stereocenters. The second-order valence-electron chi connectivity index (χ2n) is 9.17. The summed E-state index contributed by atoms with van der Waals surface area (Å²) >= 11 is 0. The highest BCUT2D eigenvalue weighted by atomic mass is 16.6. The van der Waals surface area contributed by atoms with E-state index in [0.717, 1.165) is 13.1 Å². The Balaban J connectivity index is 1.99. The number of ketones is 1. The second-order valence-corrected chi connectivity index (χ2v) is 9.17. The third-order valence-corrected chi connectivity index (χ3v) is 5.23. The van der Waals surface area contributed by atoms with Crippen molar-refractivity contribution < 1.29 is 19.6 Å². The maximum absolute atomic E-state index is 13.1. The highest BCUT2D eigenvalue weighted by Gasteiger charge is 2.34. The van der Waals surface area contributed by atoms with Crippen LogP contribution in [-0.2, 0) is 6.54 Å². The van der Waals surface area contributed by atoms with Gasteiger partial charge in [-0.1, -0.05) is 39.8 Å². The first kappa shape index (κ1) is 23.5. The number of hydrogen-bond acceptors (Lipinski definition) is 6. The molecule has 2 aromatic rings. The molecule has 1 aliphatic rings. The number of nitrogens with zero attached hydrogens (tertiary/aromatic N) is 2. The number of aryl methyl sites for hydroxylation is 1. The summed E-state index contributed by atoms with van der Waals surface area (Å²) in [5.41, 5.74) is 2.09. The van der Waals surface area contributed by atoms with E-state index in [0.29, 0.717) is 46.4 Å². The average molecular weight is 439 g/mol. The minimum absolute atomic E-state index is 0.0603. The number of fused-ring (bicyclic) bond motifs is 1. The van der Waals surface area contributed by atoms with Gasteiger partial charge in [0.25, 0.3) is 5.69 Å². The molecule has 1 heterocycles. The maximum Gasteiger partial charge on any atom is 0.270 e. The Morgan fingerprint density at radius 1 is 1.16 bits per heavy atom. The highest BCUT2D eigenvalue weighted by Crippen LogP contribution is 2.42. The van der Waals surface area contributed by atoms with E-state index in [1.54, 1.807) is 25.1 Å². The average Bonchev–Trinajstić information content (AvgIpc) is 3.00. The van der Waals surface area contributed by atoms with Gasteiger partial charge in [0.1, 0.15) is 11.5 Å². The molecule has 0 fully saturated rings. The molecule has 0 aliphatic carbocycles. The van der Waals surface area contributed by atoms with Gasteiger partial charge in [0.05, 0.1) is 16.1 Å². The number of carbonyl (C=O) groups is 1. The van der Waals surface area contributed by atoms with Crippen LogP contribution in [0.2, 0.25) is 0 Å². The first-order chi connectivity index (χ1) is 15.1. The number of Topliss-reactive ketones (excluding diaryl/α,β-unsaturated/α-hetero) is 1. The molecule has 32 heavy (non-hydrogen) atoms. The van der Waals surface area contributed by atoms with Gasteiger partial charge in [0.15, 0.2) is 5.76 Å². The summed E-state index contributed by atoms with van der Waals surface area (Å²) in [6.07, 6.45) is 1.51. The number of ether oxygens (including phenoxy) is 1. The van der Waals surface area contributed by atoms with Gasteiger partial charge >= 0.3 is 0 Å². The summed E-state index contributed by atoms with van der Waals surface area (Å²) in [4.78, 5) is 26.0. The van der Waals surface area contributed by atoms with E-state index in [1.165, 1.54) is 18.2 Å². The van der Waals surface area contributed by atoms with E-state index in [2.05, 4.69) is 32.6 Å². The Labute approximate surface area is 188 Å². The van der Waals surface area contributed by atoms with Crippen molar-refractivity contribution in [2.75, 3.05) is 13.1 Å². The lowest BCUT2D eigenvalue weighted by Crippen LogP contribution is -2.31. The van der Waals surface area contributed by atoms with Crippen LogP contribution in [0, 0.1) is 28.9 Å². The summed E-state index contributed by atoms with van der Waals surface area (Å²) in [5.74, 6) is 1.17. The standard InChI is InChI=1S/C25H30N2O5/c1-15(2)12-26(13-16(3)4)14-20-21(28)9-17(5)23-24(29)22(32-25(20)23)11-18-7-6-8-19(10-18)27(30)31/h6-11,15-16,28H,12-14H2,1-5H3/b22-11+. The number of carbonyl (C=O) groups excluding carboxylic acids is 1. The predicted molar refractivity (Wildman–Crippen MR) is 124 cm³/mol. The monoisotopic (exact) mass is 438 g/mol. The Kier molecular flexibility index (Phi) is 6.99.